The zero-order valence-corrected chi connectivity index (χ0v) is 17.6. The van der Waals surface area contributed by atoms with Crippen LogP contribution in [0, 0.1) is 0 Å². The van der Waals surface area contributed by atoms with Crippen LogP contribution < -0.4 is 10.2 Å². The van der Waals surface area contributed by atoms with Crippen molar-refractivity contribution >= 4 is 28.6 Å². The Hall–Kier alpha value is -3.91. The molecule has 0 saturated carbocycles. The van der Waals surface area contributed by atoms with Gasteiger partial charge >= 0.3 is 0 Å². The standard InChI is InChI=1S/C24H23N7O/c32-24(21-15-25-19-8-4-5-9-20(19)28-21)29-22-14-23(27-17-26-22)31-12-10-30(11-13-31)16-18-6-2-1-3-7-18/h1-9,14-15,17H,10-13,16H2,(H,26,27,29,32). The third-order valence-corrected chi connectivity index (χ3v) is 5.52. The van der Waals surface area contributed by atoms with E-state index in [2.05, 4.69) is 59.3 Å². The Balaban J connectivity index is 1.22. The van der Waals surface area contributed by atoms with Crippen molar-refractivity contribution in [2.24, 2.45) is 0 Å². The van der Waals surface area contributed by atoms with E-state index in [-0.39, 0.29) is 11.6 Å². The van der Waals surface area contributed by atoms with Gasteiger partial charge in [-0.15, -0.1) is 0 Å². The van der Waals surface area contributed by atoms with Gasteiger partial charge in [0.05, 0.1) is 17.2 Å². The van der Waals surface area contributed by atoms with Crippen molar-refractivity contribution in [2.45, 2.75) is 6.54 Å². The lowest BCUT2D eigenvalue weighted by atomic mass is 10.2. The van der Waals surface area contributed by atoms with Gasteiger partial charge in [-0.1, -0.05) is 42.5 Å². The fourth-order valence-electron chi connectivity index (χ4n) is 3.81. The second kappa shape index (κ2) is 9.07. The monoisotopic (exact) mass is 425 g/mol. The van der Waals surface area contributed by atoms with Gasteiger partial charge in [-0.05, 0) is 17.7 Å². The summed E-state index contributed by atoms with van der Waals surface area (Å²) in [7, 11) is 0. The van der Waals surface area contributed by atoms with E-state index in [1.807, 2.05) is 30.3 Å². The largest absolute Gasteiger partial charge is 0.354 e. The van der Waals surface area contributed by atoms with Crippen LogP contribution in [0.15, 0.2) is 73.2 Å². The van der Waals surface area contributed by atoms with Gasteiger partial charge in [0, 0.05) is 38.8 Å². The third kappa shape index (κ3) is 4.55. The minimum Gasteiger partial charge on any atom is -0.354 e. The minimum atomic E-state index is -0.347. The number of para-hydroxylation sites is 2. The molecule has 8 heteroatoms. The van der Waals surface area contributed by atoms with Crippen LogP contribution >= 0.6 is 0 Å². The van der Waals surface area contributed by atoms with Crippen LogP contribution in [0.4, 0.5) is 11.6 Å². The Morgan fingerprint density at radius 1 is 0.875 bits per heavy atom. The van der Waals surface area contributed by atoms with Gasteiger partial charge in [-0.3, -0.25) is 14.7 Å². The number of nitrogens with zero attached hydrogens (tertiary/aromatic N) is 6. The van der Waals surface area contributed by atoms with Gasteiger partial charge in [0.15, 0.2) is 0 Å². The Morgan fingerprint density at radius 3 is 2.44 bits per heavy atom. The first-order valence-electron chi connectivity index (χ1n) is 10.6. The number of nitrogens with one attached hydrogen (secondary N) is 1. The number of amides is 1. The maximum absolute atomic E-state index is 12.7. The van der Waals surface area contributed by atoms with Gasteiger partial charge in [-0.2, -0.15) is 0 Å². The molecule has 32 heavy (non-hydrogen) atoms. The number of aromatic nitrogens is 4. The molecule has 1 N–H and O–H groups in total. The fourth-order valence-corrected chi connectivity index (χ4v) is 3.81. The smallest absolute Gasteiger partial charge is 0.277 e. The predicted molar refractivity (Wildman–Crippen MR) is 123 cm³/mol. The highest BCUT2D eigenvalue weighted by Crippen LogP contribution is 2.18. The van der Waals surface area contributed by atoms with E-state index in [0.29, 0.717) is 11.3 Å². The van der Waals surface area contributed by atoms with Gasteiger partial charge < -0.3 is 10.2 Å². The lowest BCUT2D eigenvalue weighted by Crippen LogP contribution is -2.46. The Morgan fingerprint density at radius 2 is 1.62 bits per heavy atom. The summed E-state index contributed by atoms with van der Waals surface area (Å²) in [5.41, 5.74) is 3.00. The highest BCUT2D eigenvalue weighted by molar-refractivity contribution is 6.03. The average Bonchev–Trinajstić information content (AvgIpc) is 2.85. The summed E-state index contributed by atoms with van der Waals surface area (Å²) >= 11 is 0. The minimum absolute atomic E-state index is 0.249. The predicted octanol–water partition coefficient (Wildman–Crippen LogP) is 2.99. The molecule has 0 radical (unpaired) electrons. The summed E-state index contributed by atoms with van der Waals surface area (Å²) < 4.78 is 0. The highest BCUT2D eigenvalue weighted by atomic mass is 16.1. The molecule has 2 aromatic carbocycles. The molecule has 1 aliphatic heterocycles. The molecular weight excluding hydrogens is 402 g/mol. The number of benzene rings is 2. The second-order valence-corrected chi connectivity index (χ2v) is 7.71. The Kier molecular flexibility index (Phi) is 5.67. The van der Waals surface area contributed by atoms with Gasteiger partial charge in [-0.25, -0.2) is 15.0 Å². The maximum Gasteiger partial charge on any atom is 0.277 e. The molecule has 1 fully saturated rings. The molecule has 2 aromatic heterocycles. The molecule has 1 amide bonds. The van der Waals surface area contributed by atoms with E-state index < -0.39 is 0 Å². The highest BCUT2D eigenvalue weighted by Gasteiger charge is 2.19. The molecule has 160 valence electrons. The maximum atomic E-state index is 12.7. The molecule has 3 heterocycles. The van der Waals surface area contributed by atoms with Crippen LogP contribution in [-0.4, -0.2) is 56.9 Å². The van der Waals surface area contributed by atoms with Crippen LogP contribution in [0.25, 0.3) is 11.0 Å². The van der Waals surface area contributed by atoms with E-state index in [1.165, 1.54) is 18.1 Å². The van der Waals surface area contributed by atoms with Crippen molar-refractivity contribution in [1.82, 2.24) is 24.8 Å². The number of carbonyl (C=O) groups excluding carboxylic acids is 1. The van der Waals surface area contributed by atoms with E-state index in [4.69, 9.17) is 0 Å². The Labute approximate surface area is 186 Å². The molecule has 1 saturated heterocycles. The number of fused-ring (bicyclic) bond motifs is 1. The number of hydrogen-bond donors (Lipinski definition) is 1. The van der Waals surface area contributed by atoms with Crippen molar-refractivity contribution < 1.29 is 4.79 Å². The summed E-state index contributed by atoms with van der Waals surface area (Å²) in [6, 6.07) is 19.8. The van der Waals surface area contributed by atoms with Crippen LogP contribution in [-0.2, 0) is 6.54 Å². The molecule has 0 atom stereocenters. The number of rotatable bonds is 5. The van der Waals surface area contributed by atoms with E-state index >= 15 is 0 Å². The van der Waals surface area contributed by atoms with Gasteiger partial charge in [0.2, 0.25) is 0 Å². The van der Waals surface area contributed by atoms with Crippen molar-refractivity contribution in [3.8, 4) is 0 Å². The molecule has 1 aliphatic rings. The first-order valence-corrected chi connectivity index (χ1v) is 10.6. The summed E-state index contributed by atoms with van der Waals surface area (Å²) in [5, 5.41) is 2.81. The van der Waals surface area contributed by atoms with Crippen molar-refractivity contribution in [3.63, 3.8) is 0 Å². The molecule has 0 bridgehead atoms. The number of hydrogen-bond acceptors (Lipinski definition) is 7. The SMILES string of the molecule is O=C(Nc1cc(N2CCN(Cc3ccccc3)CC2)ncn1)c1cnc2ccccc2n1. The molecule has 0 unspecified atom stereocenters. The molecule has 4 aromatic rings. The van der Waals surface area contributed by atoms with E-state index in [1.54, 1.807) is 6.07 Å². The summed E-state index contributed by atoms with van der Waals surface area (Å²) in [6.07, 6.45) is 2.96. The molecular formula is C24H23N7O. The fraction of sp³-hybridized carbons (Fsp3) is 0.208. The van der Waals surface area contributed by atoms with E-state index in [9.17, 15) is 4.79 Å². The van der Waals surface area contributed by atoms with Crippen LogP contribution in [0.2, 0.25) is 0 Å². The van der Waals surface area contributed by atoms with Crippen LogP contribution in [0.5, 0.6) is 0 Å². The third-order valence-electron chi connectivity index (χ3n) is 5.52. The number of carbonyl (C=O) groups is 1. The first-order chi connectivity index (χ1) is 15.7. The first kappa shape index (κ1) is 20.0. The molecule has 5 rings (SSSR count). The van der Waals surface area contributed by atoms with Crippen molar-refractivity contribution in [3.05, 3.63) is 84.4 Å². The number of anilines is 2. The van der Waals surface area contributed by atoms with Crippen LogP contribution in [0.3, 0.4) is 0 Å². The van der Waals surface area contributed by atoms with Crippen molar-refractivity contribution in [2.75, 3.05) is 36.4 Å². The molecule has 0 spiro atoms. The zero-order valence-electron chi connectivity index (χ0n) is 17.6. The topological polar surface area (TPSA) is 87.1 Å². The van der Waals surface area contributed by atoms with E-state index in [0.717, 1.165) is 44.1 Å². The molecule has 8 nitrogen and oxygen atoms in total. The quantitative estimate of drug-likeness (QED) is 0.526. The normalized spacial score (nSPS) is 14.4. The second-order valence-electron chi connectivity index (χ2n) is 7.71. The van der Waals surface area contributed by atoms with Gasteiger partial charge in [0.25, 0.3) is 5.91 Å². The van der Waals surface area contributed by atoms with Crippen molar-refractivity contribution in [1.29, 1.82) is 0 Å². The van der Waals surface area contributed by atoms with Crippen LogP contribution in [0.1, 0.15) is 16.1 Å². The Bertz CT molecular complexity index is 1220. The lowest BCUT2D eigenvalue weighted by Gasteiger charge is -2.35. The zero-order chi connectivity index (χ0) is 21.8. The molecule has 0 aliphatic carbocycles. The summed E-state index contributed by atoms with van der Waals surface area (Å²) in [5.74, 6) is 0.904. The number of piperazine rings is 1. The lowest BCUT2D eigenvalue weighted by molar-refractivity contribution is 0.102. The van der Waals surface area contributed by atoms with Gasteiger partial charge in [0.1, 0.15) is 23.7 Å². The average molecular weight is 425 g/mol. The summed E-state index contributed by atoms with van der Waals surface area (Å²) in [4.78, 5) is 34.6. The summed E-state index contributed by atoms with van der Waals surface area (Å²) in [6.45, 7) is 4.59.